The summed E-state index contributed by atoms with van der Waals surface area (Å²) in [4.78, 5) is 17.6. The van der Waals surface area contributed by atoms with E-state index < -0.39 is 0 Å². The first kappa shape index (κ1) is 17.6. The number of aromatic nitrogens is 1. The van der Waals surface area contributed by atoms with E-state index in [1.54, 1.807) is 0 Å². The molecular weight excluding hydrogens is 346 g/mol. The fourth-order valence-electron chi connectivity index (χ4n) is 3.06. The Morgan fingerprint density at radius 2 is 1.50 bits per heavy atom. The van der Waals surface area contributed by atoms with E-state index in [1.807, 2.05) is 97.9 Å². The number of rotatable bonds is 4. The molecule has 1 amide bonds. The molecule has 4 nitrogen and oxygen atoms in total. The third-order valence-electron chi connectivity index (χ3n) is 4.55. The van der Waals surface area contributed by atoms with E-state index in [1.165, 1.54) is 0 Å². The van der Waals surface area contributed by atoms with Gasteiger partial charge < -0.3 is 0 Å². The van der Waals surface area contributed by atoms with Crippen LogP contribution in [0.15, 0.2) is 96.1 Å². The molecule has 0 unspecified atom stereocenters. The summed E-state index contributed by atoms with van der Waals surface area (Å²) < 4.78 is 0. The van der Waals surface area contributed by atoms with Crippen molar-refractivity contribution in [2.45, 2.75) is 6.92 Å². The van der Waals surface area contributed by atoms with E-state index in [4.69, 9.17) is 4.98 Å². The molecule has 3 aromatic carbocycles. The lowest BCUT2D eigenvalue weighted by Crippen LogP contribution is -2.20. The average molecular weight is 365 g/mol. The van der Waals surface area contributed by atoms with Crippen molar-refractivity contribution in [3.63, 3.8) is 0 Å². The summed E-state index contributed by atoms with van der Waals surface area (Å²) in [7, 11) is 0. The Labute approximate surface area is 163 Å². The number of carbonyl (C=O) groups is 1. The molecule has 1 N–H and O–H groups in total. The first-order valence-corrected chi connectivity index (χ1v) is 9.07. The highest BCUT2D eigenvalue weighted by atomic mass is 16.2. The number of hydrazone groups is 1. The summed E-state index contributed by atoms with van der Waals surface area (Å²) in [5.74, 6) is -0.258. The maximum absolute atomic E-state index is 12.9. The molecule has 0 saturated heterocycles. The van der Waals surface area contributed by atoms with Gasteiger partial charge in [-0.2, -0.15) is 5.10 Å². The first-order valence-electron chi connectivity index (χ1n) is 9.07. The summed E-state index contributed by atoms with van der Waals surface area (Å²) in [5, 5.41) is 5.08. The molecule has 0 aliphatic heterocycles. The van der Waals surface area contributed by atoms with E-state index in [0.29, 0.717) is 5.56 Å². The fraction of sp³-hybridized carbons (Fsp3) is 0.0417. The summed E-state index contributed by atoms with van der Waals surface area (Å²) in [6.07, 6.45) is 0. The zero-order valence-electron chi connectivity index (χ0n) is 15.5. The number of hydrogen-bond acceptors (Lipinski definition) is 3. The SMILES string of the molecule is C/C(=N\NC(=O)c1cc(-c2ccccc2)nc2ccccc12)c1ccccc1. The van der Waals surface area contributed by atoms with Gasteiger partial charge in [-0.1, -0.05) is 78.9 Å². The predicted octanol–water partition coefficient (Wildman–Crippen LogP) is 5.06. The quantitative estimate of drug-likeness (QED) is 0.406. The number of nitrogens with zero attached hydrogens (tertiary/aromatic N) is 2. The lowest BCUT2D eigenvalue weighted by Gasteiger charge is -2.09. The largest absolute Gasteiger partial charge is 0.272 e. The molecule has 0 spiro atoms. The Bertz CT molecular complexity index is 1150. The normalized spacial score (nSPS) is 11.4. The summed E-state index contributed by atoms with van der Waals surface area (Å²) in [6.45, 7) is 1.87. The van der Waals surface area contributed by atoms with Gasteiger partial charge in [-0.25, -0.2) is 10.4 Å². The maximum atomic E-state index is 12.9. The minimum absolute atomic E-state index is 0.258. The Morgan fingerprint density at radius 3 is 2.25 bits per heavy atom. The molecule has 0 saturated carbocycles. The van der Waals surface area contributed by atoms with Crippen molar-refractivity contribution in [2.24, 2.45) is 5.10 Å². The number of amides is 1. The number of pyridine rings is 1. The van der Waals surface area contributed by atoms with Crippen molar-refractivity contribution in [3.05, 3.63) is 102 Å². The molecule has 0 aliphatic rings. The van der Waals surface area contributed by atoms with Gasteiger partial charge in [-0.3, -0.25) is 4.79 Å². The van der Waals surface area contributed by atoms with Gasteiger partial charge in [0.15, 0.2) is 0 Å². The zero-order chi connectivity index (χ0) is 19.3. The molecule has 0 fully saturated rings. The predicted molar refractivity (Wildman–Crippen MR) is 113 cm³/mol. The van der Waals surface area contributed by atoms with E-state index in [-0.39, 0.29) is 5.91 Å². The Balaban J connectivity index is 1.72. The van der Waals surface area contributed by atoms with Crippen molar-refractivity contribution in [1.29, 1.82) is 0 Å². The number of hydrogen-bond donors (Lipinski definition) is 1. The van der Waals surface area contributed by atoms with E-state index in [0.717, 1.165) is 33.4 Å². The van der Waals surface area contributed by atoms with E-state index in [2.05, 4.69) is 10.5 Å². The first-order chi connectivity index (χ1) is 13.7. The number of fused-ring (bicyclic) bond motifs is 1. The van der Waals surface area contributed by atoms with Crippen LogP contribution in [-0.2, 0) is 0 Å². The lowest BCUT2D eigenvalue weighted by molar-refractivity contribution is 0.0956. The third kappa shape index (κ3) is 3.67. The monoisotopic (exact) mass is 365 g/mol. The van der Waals surface area contributed by atoms with Crippen LogP contribution in [-0.4, -0.2) is 16.6 Å². The number of benzene rings is 3. The second-order valence-electron chi connectivity index (χ2n) is 6.44. The van der Waals surface area contributed by atoms with Crippen LogP contribution in [0.4, 0.5) is 0 Å². The zero-order valence-corrected chi connectivity index (χ0v) is 15.5. The summed E-state index contributed by atoms with van der Waals surface area (Å²) in [6, 6.07) is 29.1. The highest BCUT2D eigenvalue weighted by Crippen LogP contribution is 2.24. The van der Waals surface area contributed by atoms with Gasteiger partial charge in [-0.05, 0) is 24.6 Å². The minimum atomic E-state index is -0.258. The average Bonchev–Trinajstić information content (AvgIpc) is 2.77. The second kappa shape index (κ2) is 7.84. The van der Waals surface area contributed by atoms with Crippen LogP contribution in [0.5, 0.6) is 0 Å². The molecule has 0 radical (unpaired) electrons. The molecule has 0 aliphatic carbocycles. The Kier molecular flexibility index (Phi) is 4.93. The van der Waals surface area contributed by atoms with Crippen LogP contribution in [0.25, 0.3) is 22.2 Å². The van der Waals surface area contributed by atoms with Crippen molar-refractivity contribution in [3.8, 4) is 11.3 Å². The molecule has 28 heavy (non-hydrogen) atoms. The van der Waals surface area contributed by atoms with Crippen molar-refractivity contribution in [1.82, 2.24) is 10.4 Å². The van der Waals surface area contributed by atoms with Crippen LogP contribution >= 0.6 is 0 Å². The molecule has 4 aromatic rings. The maximum Gasteiger partial charge on any atom is 0.272 e. The smallest absolute Gasteiger partial charge is 0.267 e. The molecular formula is C24H19N3O. The standard InChI is InChI=1S/C24H19N3O/c1-17(18-10-4-2-5-11-18)26-27-24(28)21-16-23(19-12-6-3-7-13-19)25-22-15-9-8-14-20(21)22/h2-16H,1H3,(H,27,28)/b26-17+. The van der Waals surface area contributed by atoms with Crippen LogP contribution in [0.2, 0.25) is 0 Å². The molecule has 1 heterocycles. The van der Waals surface area contributed by atoms with Crippen LogP contribution in [0.3, 0.4) is 0 Å². The number of carbonyl (C=O) groups excluding carboxylic acids is 1. The minimum Gasteiger partial charge on any atom is -0.267 e. The molecule has 0 atom stereocenters. The van der Waals surface area contributed by atoms with Crippen molar-refractivity contribution in [2.75, 3.05) is 0 Å². The molecule has 4 heteroatoms. The Hall–Kier alpha value is -3.79. The van der Waals surface area contributed by atoms with E-state index in [9.17, 15) is 4.79 Å². The van der Waals surface area contributed by atoms with Crippen molar-refractivity contribution >= 4 is 22.5 Å². The Morgan fingerprint density at radius 1 is 0.857 bits per heavy atom. The van der Waals surface area contributed by atoms with Crippen LogP contribution in [0, 0.1) is 0 Å². The summed E-state index contributed by atoms with van der Waals surface area (Å²) >= 11 is 0. The number of nitrogens with one attached hydrogen (secondary N) is 1. The van der Waals surface area contributed by atoms with Gasteiger partial charge in [0.05, 0.1) is 22.5 Å². The topological polar surface area (TPSA) is 54.4 Å². The van der Waals surface area contributed by atoms with E-state index >= 15 is 0 Å². The van der Waals surface area contributed by atoms with Gasteiger partial charge >= 0.3 is 0 Å². The molecule has 0 bridgehead atoms. The van der Waals surface area contributed by atoms with Gasteiger partial charge in [0.2, 0.25) is 0 Å². The van der Waals surface area contributed by atoms with Gasteiger partial charge in [0.25, 0.3) is 5.91 Å². The van der Waals surface area contributed by atoms with Crippen molar-refractivity contribution < 1.29 is 4.79 Å². The van der Waals surface area contributed by atoms with Gasteiger partial charge in [0.1, 0.15) is 0 Å². The highest BCUT2D eigenvalue weighted by Gasteiger charge is 2.13. The van der Waals surface area contributed by atoms with Crippen LogP contribution < -0.4 is 5.43 Å². The lowest BCUT2D eigenvalue weighted by atomic mass is 10.0. The molecule has 136 valence electrons. The molecule has 4 rings (SSSR count). The fourth-order valence-corrected chi connectivity index (χ4v) is 3.06. The van der Waals surface area contributed by atoms with Gasteiger partial charge in [0, 0.05) is 10.9 Å². The summed E-state index contributed by atoms with van der Waals surface area (Å²) in [5.41, 5.74) is 7.45. The number of para-hydroxylation sites is 1. The van der Waals surface area contributed by atoms with Gasteiger partial charge in [-0.15, -0.1) is 0 Å². The second-order valence-corrected chi connectivity index (χ2v) is 6.44. The highest BCUT2D eigenvalue weighted by molar-refractivity contribution is 6.08. The van der Waals surface area contributed by atoms with Crippen LogP contribution in [0.1, 0.15) is 22.8 Å². The third-order valence-corrected chi connectivity index (χ3v) is 4.55. The molecule has 1 aromatic heterocycles.